The zero-order valence-corrected chi connectivity index (χ0v) is 11.3. The zero-order valence-electron chi connectivity index (χ0n) is 9.67. The summed E-state index contributed by atoms with van der Waals surface area (Å²) in [4.78, 5) is 2.77. The Labute approximate surface area is 113 Å². The van der Waals surface area contributed by atoms with Gasteiger partial charge >= 0.3 is 0 Å². The van der Waals surface area contributed by atoms with Crippen molar-refractivity contribution >= 4 is 21.6 Å². The van der Waals surface area contributed by atoms with Crippen LogP contribution in [0.25, 0.3) is 10.4 Å². The highest BCUT2D eigenvalue weighted by molar-refractivity contribution is 9.10. The number of rotatable bonds is 3. The van der Waals surface area contributed by atoms with Crippen molar-refractivity contribution in [2.45, 2.75) is 6.92 Å². The largest absolute Gasteiger partial charge is 0.457 e. The first kappa shape index (κ1) is 12.5. The summed E-state index contributed by atoms with van der Waals surface area (Å²) in [6, 6.07) is 12.9. The smallest absolute Gasteiger partial charge is 0.127 e. The molecule has 0 N–H and O–H groups in total. The zero-order chi connectivity index (χ0) is 13.0. The first-order chi connectivity index (χ1) is 8.69. The maximum absolute atomic E-state index is 8.40. The molecule has 2 rings (SSSR count). The van der Waals surface area contributed by atoms with Crippen LogP contribution in [0.2, 0.25) is 0 Å². The number of azide groups is 1. The van der Waals surface area contributed by atoms with E-state index in [0.717, 1.165) is 15.8 Å². The Balaban J connectivity index is 2.22. The van der Waals surface area contributed by atoms with Crippen LogP contribution in [-0.4, -0.2) is 0 Å². The van der Waals surface area contributed by atoms with Gasteiger partial charge in [0.15, 0.2) is 0 Å². The van der Waals surface area contributed by atoms with Gasteiger partial charge in [0, 0.05) is 15.1 Å². The van der Waals surface area contributed by atoms with Crippen LogP contribution in [0, 0.1) is 6.92 Å². The Bertz CT molecular complexity index is 604. The third-order valence-electron chi connectivity index (χ3n) is 2.37. The van der Waals surface area contributed by atoms with Gasteiger partial charge in [0.1, 0.15) is 11.5 Å². The number of benzene rings is 2. The van der Waals surface area contributed by atoms with Gasteiger partial charge in [-0.2, -0.15) is 0 Å². The Morgan fingerprint density at radius 3 is 2.39 bits per heavy atom. The molecule has 0 unspecified atom stereocenters. The summed E-state index contributed by atoms with van der Waals surface area (Å²) in [5.41, 5.74) is 9.89. The highest BCUT2D eigenvalue weighted by atomic mass is 79.9. The Kier molecular flexibility index (Phi) is 3.87. The van der Waals surface area contributed by atoms with E-state index in [1.807, 2.05) is 37.3 Å². The van der Waals surface area contributed by atoms with Gasteiger partial charge in [-0.3, -0.25) is 0 Å². The van der Waals surface area contributed by atoms with Gasteiger partial charge in [-0.1, -0.05) is 21.0 Å². The summed E-state index contributed by atoms with van der Waals surface area (Å²) in [6.07, 6.45) is 0. The van der Waals surface area contributed by atoms with Crippen molar-refractivity contribution in [1.82, 2.24) is 0 Å². The second kappa shape index (κ2) is 5.58. The topological polar surface area (TPSA) is 58.0 Å². The molecule has 0 amide bonds. The van der Waals surface area contributed by atoms with Gasteiger partial charge in [0.25, 0.3) is 0 Å². The highest BCUT2D eigenvalue weighted by Gasteiger charge is 2.01. The molecule has 0 radical (unpaired) electrons. The third kappa shape index (κ3) is 3.03. The first-order valence-electron chi connectivity index (χ1n) is 5.28. The minimum Gasteiger partial charge on any atom is -0.457 e. The lowest BCUT2D eigenvalue weighted by molar-refractivity contribution is 0.482. The molecule has 0 aliphatic rings. The van der Waals surface area contributed by atoms with Gasteiger partial charge < -0.3 is 4.74 Å². The molecule has 90 valence electrons. The van der Waals surface area contributed by atoms with Gasteiger partial charge in [-0.15, -0.1) is 0 Å². The molecular weight excluding hydrogens is 294 g/mol. The molecule has 0 fully saturated rings. The highest BCUT2D eigenvalue weighted by Crippen LogP contribution is 2.28. The number of ether oxygens (including phenoxy) is 1. The van der Waals surface area contributed by atoms with E-state index in [-0.39, 0.29) is 0 Å². The van der Waals surface area contributed by atoms with E-state index in [1.54, 1.807) is 12.1 Å². The lowest BCUT2D eigenvalue weighted by Gasteiger charge is -2.07. The van der Waals surface area contributed by atoms with Crippen LogP contribution in [0.5, 0.6) is 11.5 Å². The van der Waals surface area contributed by atoms with Crippen molar-refractivity contribution < 1.29 is 4.74 Å². The Morgan fingerprint density at radius 1 is 1.11 bits per heavy atom. The third-order valence-corrected chi connectivity index (χ3v) is 2.90. The van der Waals surface area contributed by atoms with Crippen LogP contribution in [0.1, 0.15) is 5.56 Å². The summed E-state index contributed by atoms with van der Waals surface area (Å²) >= 11 is 3.37. The molecule has 0 aromatic heterocycles. The van der Waals surface area contributed by atoms with Crippen LogP contribution >= 0.6 is 15.9 Å². The molecule has 0 saturated heterocycles. The van der Waals surface area contributed by atoms with E-state index in [1.165, 1.54) is 0 Å². The van der Waals surface area contributed by atoms with E-state index in [9.17, 15) is 0 Å². The number of nitrogens with zero attached hydrogens (tertiary/aromatic N) is 3. The van der Waals surface area contributed by atoms with Crippen LogP contribution in [-0.2, 0) is 0 Å². The number of hydrogen-bond donors (Lipinski definition) is 0. The van der Waals surface area contributed by atoms with Crippen molar-refractivity contribution in [3.05, 3.63) is 62.9 Å². The molecule has 5 heteroatoms. The van der Waals surface area contributed by atoms with Crippen molar-refractivity contribution in [3.63, 3.8) is 0 Å². The fraction of sp³-hybridized carbons (Fsp3) is 0.0769. The fourth-order valence-corrected chi connectivity index (χ4v) is 1.75. The summed E-state index contributed by atoms with van der Waals surface area (Å²) < 4.78 is 6.70. The normalized spacial score (nSPS) is 9.67. The van der Waals surface area contributed by atoms with Crippen LogP contribution in [0.4, 0.5) is 5.69 Å². The maximum atomic E-state index is 8.40. The van der Waals surface area contributed by atoms with Crippen molar-refractivity contribution in [2.75, 3.05) is 0 Å². The lowest BCUT2D eigenvalue weighted by Crippen LogP contribution is -1.84. The molecule has 2 aromatic carbocycles. The van der Waals surface area contributed by atoms with Gasteiger partial charge in [-0.25, -0.2) is 0 Å². The minimum atomic E-state index is 0.612. The average molecular weight is 304 g/mol. The summed E-state index contributed by atoms with van der Waals surface area (Å²) in [7, 11) is 0. The van der Waals surface area contributed by atoms with E-state index >= 15 is 0 Å². The van der Waals surface area contributed by atoms with E-state index in [0.29, 0.717) is 11.4 Å². The van der Waals surface area contributed by atoms with Crippen LogP contribution < -0.4 is 4.74 Å². The lowest BCUT2D eigenvalue weighted by atomic mass is 10.2. The fourth-order valence-electron chi connectivity index (χ4n) is 1.49. The molecule has 0 aliphatic carbocycles. The first-order valence-corrected chi connectivity index (χ1v) is 6.07. The summed E-state index contributed by atoms with van der Waals surface area (Å²) in [6.45, 7) is 1.87. The standard InChI is InChI=1S/C13H10BrN3O/c1-9-8-12(6-7-13(9)16-17-15)18-11-4-2-10(14)3-5-11/h2-8H,1H3. The molecule has 0 saturated carbocycles. The predicted octanol–water partition coefficient (Wildman–Crippen LogP) is 5.49. The van der Waals surface area contributed by atoms with Crippen molar-refractivity contribution in [2.24, 2.45) is 5.11 Å². The van der Waals surface area contributed by atoms with Crippen LogP contribution in [0.3, 0.4) is 0 Å². The van der Waals surface area contributed by atoms with Gasteiger partial charge in [0.2, 0.25) is 0 Å². The van der Waals surface area contributed by atoms with E-state index < -0.39 is 0 Å². The molecule has 0 bridgehead atoms. The van der Waals surface area contributed by atoms with Crippen molar-refractivity contribution in [3.8, 4) is 11.5 Å². The molecule has 0 spiro atoms. The number of halogens is 1. The minimum absolute atomic E-state index is 0.612. The monoisotopic (exact) mass is 303 g/mol. The molecule has 0 heterocycles. The Hall–Kier alpha value is -1.97. The van der Waals surface area contributed by atoms with Crippen LogP contribution in [0.15, 0.2) is 52.1 Å². The summed E-state index contributed by atoms with van der Waals surface area (Å²) in [5, 5.41) is 3.58. The molecule has 2 aromatic rings. The molecule has 0 atom stereocenters. The SMILES string of the molecule is Cc1cc(Oc2ccc(Br)cc2)ccc1N=[N+]=[N-]. The Morgan fingerprint density at radius 2 is 1.78 bits per heavy atom. The predicted molar refractivity (Wildman–Crippen MR) is 74.2 cm³/mol. The second-order valence-corrected chi connectivity index (χ2v) is 4.61. The van der Waals surface area contributed by atoms with E-state index in [4.69, 9.17) is 10.3 Å². The number of hydrogen-bond acceptors (Lipinski definition) is 2. The molecular formula is C13H10BrN3O. The number of aryl methyl sites for hydroxylation is 1. The second-order valence-electron chi connectivity index (χ2n) is 3.69. The molecule has 0 aliphatic heterocycles. The van der Waals surface area contributed by atoms with Crippen molar-refractivity contribution in [1.29, 1.82) is 0 Å². The summed E-state index contributed by atoms with van der Waals surface area (Å²) in [5.74, 6) is 1.47. The maximum Gasteiger partial charge on any atom is 0.127 e. The van der Waals surface area contributed by atoms with Gasteiger partial charge in [-0.05, 0) is 60.5 Å². The molecule has 18 heavy (non-hydrogen) atoms. The van der Waals surface area contributed by atoms with Gasteiger partial charge in [0.05, 0.1) is 0 Å². The quantitative estimate of drug-likeness (QED) is 0.420. The molecule has 4 nitrogen and oxygen atoms in total. The van der Waals surface area contributed by atoms with E-state index in [2.05, 4.69) is 26.0 Å². The average Bonchev–Trinajstić information content (AvgIpc) is 2.36.